The average Bonchev–Trinajstić information content (AvgIpc) is 2.98. The normalized spacial score (nSPS) is 16.8. The molecule has 1 atom stereocenters. The quantitative estimate of drug-likeness (QED) is 0.804. The van der Waals surface area contributed by atoms with E-state index in [4.69, 9.17) is 9.72 Å². The van der Waals surface area contributed by atoms with Crippen LogP contribution in [0.1, 0.15) is 41.0 Å². The predicted octanol–water partition coefficient (Wildman–Crippen LogP) is 4.02. The number of fused-ring (bicyclic) bond motifs is 1. The van der Waals surface area contributed by atoms with Crippen molar-refractivity contribution in [3.8, 4) is 10.6 Å². The molecular weight excluding hydrogens is 282 g/mol. The average molecular weight is 301 g/mol. The van der Waals surface area contributed by atoms with Crippen LogP contribution in [0.2, 0.25) is 0 Å². The number of esters is 1. The summed E-state index contributed by atoms with van der Waals surface area (Å²) in [7, 11) is 0. The van der Waals surface area contributed by atoms with Gasteiger partial charge in [-0.25, -0.2) is 4.98 Å². The lowest BCUT2D eigenvalue weighted by Crippen LogP contribution is -2.14. The third kappa shape index (κ3) is 2.60. The SMILES string of the molecule is CCOC(=O)C1CCc2sc(-c3ccc(C)cc3C)nc21. The van der Waals surface area contributed by atoms with Crippen molar-refractivity contribution in [2.45, 2.75) is 39.5 Å². The Balaban J connectivity index is 1.95. The number of carbonyl (C=O) groups is 1. The highest BCUT2D eigenvalue weighted by atomic mass is 32.1. The number of rotatable bonds is 3. The maximum Gasteiger partial charge on any atom is 0.315 e. The monoisotopic (exact) mass is 301 g/mol. The van der Waals surface area contributed by atoms with E-state index in [2.05, 4.69) is 32.0 Å². The van der Waals surface area contributed by atoms with Gasteiger partial charge in [0.1, 0.15) is 10.9 Å². The fourth-order valence-electron chi connectivity index (χ4n) is 2.87. The standard InChI is InChI=1S/C17H19NO2S/c1-4-20-17(19)13-7-8-14-15(13)18-16(21-14)12-6-5-10(2)9-11(12)3/h5-6,9,13H,4,7-8H2,1-3H3. The van der Waals surface area contributed by atoms with E-state index in [-0.39, 0.29) is 11.9 Å². The molecule has 1 aromatic carbocycles. The Kier molecular flexibility index (Phi) is 3.81. The Morgan fingerprint density at radius 2 is 2.24 bits per heavy atom. The minimum absolute atomic E-state index is 0.131. The van der Waals surface area contributed by atoms with Gasteiger partial charge in [-0.05, 0) is 39.2 Å². The summed E-state index contributed by atoms with van der Waals surface area (Å²) in [5.74, 6) is -0.301. The largest absolute Gasteiger partial charge is 0.465 e. The van der Waals surface area contributed by atoms with E-state index < -0.39 is 0 Å². The van der Waals surface area contributed by atoms with Gasteiger partial charge >= 0.3 is 5.97 Å². The van der Waals surface area contributed by atoms with Crippen molar-refractivity contribution in [2.75, 3.05) is 6.61 Å². The topological polar surface area (TPSA) is 39.2 Å². The maximum absolute atomic E-state index is 12.0. The van der Waals surface area contributed by atoms with Gasteiger partial charge in [-0.2, -0.15) is 0 Å². The molecular formula is C17H19NO2S. The van der Waals surface area contributed by atoms with E-state index in [1.807, 2.05) is 6.92 Å². The first kappa shape index (κ1) is 14.3. The number of benzene rings is 1. The zero-order chi connectivity index (χ0) is 15.0. The lowest BCUT2D eigenvalue weighted by molar-refractivity contribution is -0.145. The second kappa shape index (κ2) is 5.60. The second-order valence-corrected chi connectivity index (χ2v) is 6.57. The van der Waals surface area contributed by atoms with Gasteiger partial charge in [0.05, 0.1) is 12.3 Å². The molecule has 0 aliphatic heterocycles. The summed E-state index contributed by atoms with van der Waals surface area (Å²) in [5.41, 5.74) is 4.59. The summed E-state index contributed by atoms with van der Waals surface area (Å²) in [5, 5.41) is 1.02. The highest BCUT2D eigenvalue weighted by molar-refractivity contribution is 7.15. The molecule has 0 spiro atoms. The van der Waals surface area contributed by atoms with Crippen LogP contribution in [-0.4, -0.2) is 17.6 Å². The number of carbonyl (C=O) groups excluding carboxylic acids is 1. The zero-order valence-electron chi connectivity index (χ0n) is 12.6. The van der Waals surface area contributed by atoms with Gasteiger partial charge in [0, 0.05) is 10.4 Å². The van der Waals surface area contributed by atoms with Crippen LogP contribution in [0.15, 0.2) is 18.2 Å². The molecule has 1 aliphatic rings. The van der Waals surface area contributed by atoms with Crippen molar-refractivity contribution in [1.29, 1.82) is 0 Å². The van der Waals surface area contributed by atoms with Crippen LogP contribution >= 0.6 is 11.3 Å². The summed E-state index contributed by atoms with van der Waals surface area (Å²) < 4.78 is 5.16. The Bertz CT molecular complexity index is 690. The van der Waals surface area contributed by atoms with E-state index in [0.29, 0.717) is 6.61 Å². The fourth-order valence-corrected chi connectivity index (χ4v) is 4.10. The van der Waals surface area contributed by atoms with E-state index in [9.17, 15) is 4.79 Å². The lowest BCUT2D eigenvalue weighted by atomic mass is 10.1. The maximum atomic E-state index is 12.0. The van der Waals surface area contributed by atoms with Gasteiger partial charge < -0.3 is 4.74 Å². The minimum atomic E-state index is -0.171. The second-order valence-electron chi connectivity index (χ2n) is 5.49. The molecule has 0 saturated carbocycles. The molecule has 21 heavy (non-hydrogen) atoms. The number of ether oxygens (including phenoxy) is 1. The Labute approximate surface area is 129 Å². The summed E-state index contributed by atoms with van der Waals surface area (Å²) in [4.78, 5) is 18.0. The fraction of sp³-hybridized carbons (Fsp3) is 0.412. The molecule has 0 bridgehead atoms. The molecule has 1 heterocycles. The molecule has 4 heteroatoms. The van der Waals surface area contributed by atoms with Gasteiger partial charge in [-0.3, -0.25) is 4.79 Å². The van der Waals surface area contributed by atoms with Crippen LogP contribution in [0.25, 0.3) is 10.6 Å². The predicted molar refractivity (Wildman–Crippen MR) is 84.7 cm³/mol. The third-order valence-corrected chi connectivity index (χ3v) is 5.07. The lowest BCUT2D eigenvalue weighted by Gasteiger charge is -2.08. The summed E-state index contributed by atoms with van der Waals surface area (Å²) in [6.45, 7) is 6.47. The number of aromatic nitrogens is 1. The molecule has 1 unspecified atom stereocenters. The van der Waals surface area contributed by atoms with Gasteiger partial charge in [0.2, 0.25) is 0 Å². The van der Waals surface area contributed by atoms with Crippen LogP contribution in [0.4, 0.5) is 0 Å². The Morgan fingerprint density at radius 3 is 2.95 bits per heavy atom. The number of nitrogens with zero attached hydrogens (tertiary/aromatic N) is 1. The Hall–Kier alpha value is -1.68. The van der Waals surface area contributed by atoms with Gasteiger partial charge in [0.25, 0.3) is 0 Å². The van der Waals surface area contributed by atoms with Crippen LogP contribution < -0.4 is 0 Å². The molecule has 0 radical (unpaired) electrons. The van der Waals surface area contributed by atoms with Crippen molar-refractivity contribution in [3.05, 3.63) is 39.9 Å². The molecule has 2 aromatic rings. The van der Waals surface area contributed by atoms with Crippen molar-refractivity contribution < 1.29 is 9.53 Å². The molecule has 0 fully saturated rings. The molecule has 110 valence electrons. The molecule has 0 saturated heterocycles. The van der Waals surface area contributed by atoms with Crippen molar-refractivity contribution >= 4 is 17.3 Å². The first-order valence-corrected chi connectivity index (χ1v) is 8.15. The van der Waals surface area contributed by atoms with E-state index in [1.54, 1.807) is 11.3 Å². The number of aryl methyl sites for hydroxylation is 3. The molecule has 3 nitrogen and oxygen atoms in total. The van der Waals surface area contributed by atoms with Gasteiger partial charge in [0.15, 0.2) is 0 Å². The highest BCUT2D eigenvalue weighted by Gasteiger charge is 2.33. The number of hydrogen-bond donors (Lipinski definition) is 0. The minimum Gasteiger partial charge on any atom is -0.465 e. The summed E-state index contributed by atoms with van der Waals surface area (Å²) in [6, 6.07) is 6.40. The third-order valence-electron chi connectivity index (χ3n) is 3.90. The van der Waals surface area contributed by atoms with Gasteiger partial charge in [-0.1, -0.05) is 23.8 Å². The highest BCUT2D eigenvalue weighted by Crippen LogP contribution is 2.40. The van der Waals surface area contributed by atoms with Gasteiger partial charge in [-0.15, -0.1) is 11.3 Å². The van der Waals surface area contributed by atoms with Crippen LogP contribution in [0.3, 0.4) is 0 Å². The van der Waals surface area contributed by atoms with E-state index in [0.717, 1.165) is 23.5 Å². The van der Waals surface area contributed by atoms with Crippen LogP contribution in [-0.2, 0) is 16.0 Å². The van der Waals surface area contributed by atoms with E-state index >= 15 is 0 Å². The van der Waals surface area contributed by atoms with Crippen molar-refractivity contribution in [1.82, 2.24) is 4.98 Å². The first-order valence-electron chi connectivity index (χ1n) is 7.34. The molecule has 1 aromatic heterocycles. The number of hydrogen-bond acceptors (Lipinski definition) is 4. The first-order chi connectivity index (χ1) is 10.1. The smallest absolute Gasteiger partial charge is 0.315 e. The molecule has 1 aliphatic carbocycles. The number of thiazole rings is 1. The molecule has 3 rings (SSSR count). The summed E-state index contributed by atoms with van der Waals surface area (Å²) >= 11 is 1.72. The van der Waals surface area contributed by atoms with Crippen molar-refractivity contribution in [2.24, 2.45) is 0 Å². The summed E-state index contributed by atoms with van der Waals surface area (Å²) in [6.07, 6.45) is 1.77. The molecule has 0 N–H and O–H groups in total. The Morgan fingerprint density at radius 1 is 1.43 bits per heavy atom. The van der Waals surface area contributed by atoms with E-state index in [1.165, 1.54) is 21.6 Å². The van der Waals surface area contributed by atoms with Crippen LogP contribution in [0.5, 0.6) is 0 Å². The zero-order valence-corrected chi connectivity index (χ0v) is 13.4. The van der Waals surface area contributed by atoms with Crippen LogP contribution in [0, 0.1) is 13.8 Å². The molecule has 0 amide bonds. The van der Waals surface area contributed by atoms with Crippen molar-refractivity contribution in [3.63, 3.8) is 0 Å².